The van der Waals surface area contributed by atoms with Crippen LogP contribution in [0.15, 0.2) is 54.9 Å². The van der Waals surface area contributed by atoms with E-state index in [0.29, 0.717) is 13.0 Å². The lowest BCUT2D eigenvalue weighted by molar-refractivity contribution is -0.143. The Morgan fingerprint density at radius 3 is 2.77 bits per heavy atom. The van der Waals surface area contributed by atoms with Crippen molar-refractivity contribution in [2.75, 3.05) is 27.3 Å². The molecule has 6 nitrogen and oxygen atoms in total. The van der Waals surface area contributed by atoms with E-state index in [4.69, 9.17) is 9.47 Å². The van der Waals surface area contributed by atoms with Gasteiger partial charge in [0.2, 0.25) is 0 Å². The fourth-order valence-electron chi connectivity index (χ4n) is 4.35. The molecule has 0 aliphatic carbocycles. The van der Waals surface area contributed by atoms with Crippen molar-refractivity contribution in [2.24, 2.45) is 5.92 Å². The van der Waals surface area contributed by atoms with E-state index >= 15 is 0 Å². The van der Waals surface area contributed by atoms with Gasteiger partial charge in [-0.3, -0.25) is 14.7 Å². The molecule has 0 saturated carbocycles. The topological polar surface area (TPSA) is 71.9 Å². The second kappa shape index (κ2) is 8.71. The third-order valence-corrected chi connectivity index (χ3v) is 5.88. The first-order valence-corrected chi connectivity index (χ1v) is 10.1. The minimum absolute atomic E-state index is 0.144. The first-order valence-electron chi connectivity index (χ1n) is 10.1. The molecule has 2 heterocycles. The summed E-state index contributed by atoms with van der Waals surface area (Å²) in [6, 6.07) is 13.9. The number of piperidine rings is 1. The predicted molar refractivity (Wildman–Crippen MR) is 115 cm³/mol. The molecule has 0 bridgehead atoms. The molecular weight excluding hydrogens is 380 g/mol. The van der Waals surface area contributed by atoms with E-state index in [2.05, 4.69) is 28.1 Å². The van der Waals surface area contributed by atoms with Crippen LogP contribution in [0.4, 0.5) is 0 Å². The fraction of sp³-hybridized carbons (Fsp3) is 0.333. The van der Waals surface area contributed by atoms with E-state index in [-0.39, 0.29) is 12.0 Å². The van der Waals surface area contributed by atoms with Crippen LogP contribution in [-0.2, 0) is 4.79 Å². The summed E-state index contributed by atoms with van der Waals surface area (Å²) in [6.07, 6.45) is 5.19. The van der Waals surface area contributed by atoms with Crippen molar-refractivity contribution >= 4 is 16.7 Å². The summed E-state index contributed by atoms with van der Waals surface area (Å²) in [5.41, 5.74) is 2.06. The maximum Gasteiger partial charge on any atom is 0.307 e. The number of carboxylic acid groups (broad SMARTS) is 1. The zero-order valence-corrected chi connectivity index (χ0v) is 17.2. The molecule has 156 valence electrons. The number of carboxylic acids is 1. The molecule has 2 aromatic carbocycles. The van der Waals surface area contributed by atoms with Crippen LogP contribution in [0.5, 0.6) is 11.5 Å². The zero-order chi connectivity index (χ0) is 21.1. The predicted octanol–water partition coefficient (Wildman–Crippen LogP) is 4.14. The van der Waals surface area contributed by atoms with E-state index < -0.39 is 5.97 Å². The smallest absolute Gasteiger partial charge is 0.307 e. The molecule has 1 aromatic heterocycles. The number of methoxy groups -OCH3 is 2. The molecule has 3 aromatic rings. The molecule has 0 radical (unpaired) electrons. The van der Waals surface area contributed by atoms with E-state index in [9.17, 15) is 9.90 Å². The van der Waals surface area contributed by atoms with Gasteiger partial charge in [0.15, 0.2) is 0 Å². The molecular formula is C24H26N2O4. The number of aromatic nitrogens is 1. The quantitative estimate of drug-likeness (QED) is 0.663. The van der Waals surface area contributed by atoms with Crippen LogP contribution in [0.1, 0.15) is 30.0 Å². The van der Waals surface area contributed by atoms with Gasteiger partial charge in [-0.15, -0.1) is 0 Å². The molecule has 0 spiro atoms. The second-order valence-electron chi connectivity index (χ2n) is 7.67. The van der Waals surface area contributed by atoms with Gasteiger partial charge >= 0.3 is 5.97 Å². The number of ether oxygens (including phenoxy) is 2. The van der Waals surface area contributed by atoms with Gasteiger partial charge < -0.3 is 14.6 Å². The largest absolute Gasteiger partial charge is 0.497 e. The maximum absolute atomic E-state index is 11.7. The molecule has 1 fully saturated rings. The van der Waals surface area contributed by atoms with Crippen molar-refractivity contribution in [3.63, 3.8) is 0 Å². The van der Waals surface area contributed by atoms with Crippen LogP contribution in [0, 0.1) is 5.92 Å². The Bertz CT molecular complexity index is 1050. The lowest BCUT2D eigenvalue weighted by atomic mass is 9.90. The van der Waals surface area contributed by atoms with E-state index in [1.807, 2.05) is 30.5 Å². The highest BCUT2D eigenvalue weighted by Crippen LogP contribution is 2.39. The molecule has 6 heteroatoms. The Labute approximate surface area is 176 Å². The standard InChI is InChI=1S/C24H26N2O4/c1-29-20-7-8-22(30-2)21(13-20)23(26-11-3-4-19(15-26)24(27)28)17-5-6-18-14-25-10-9-16(18)12-17/h5-10,12-14,19,23H,3-4,11,15H2,1-2H3,(H,27,28). The van der Waals surface area contributed by atoms with Crippen molar-refractivity contribution in [3.8, 4) is 11.5 Å². The summed E-state index contributed by atoms with van der Waals surface area (Å²) >= 11 is 0. The number of likely N-dealkylation sites (tertiary alicyclic amines) is 1. The van der Waals surface area contributed by atoms with E-state index in [1.165, 1.54) is 0 Å². The third kappa shape index (κ3) is 3.96. The number of carbonyl (C=O) groups is 1. The maximum atomic E-state index is 11.7. The number of aliphatic carboxylic acids is 1. The minimum Gasteiger partial charge on any atom is -0.497 e. The average molecular weight is 406 g/mol. The summed E-state index contributed by atoms with van der Waals surface area (Å²) in [7, 11) is 3.30. The van der Waals surface area contributed by atoms with Gasteiger partial charge in [-0.25, -0.2) is 0 Å². The van der Waals surface area contributed by atoms with Crippen molar-refractivity contribution in [1.82, 2.24) is 9.88 Å². The molecule has 0 amide bonds. The highest BCUT2D eigenvalue weighted by atomic mass is 16.5. The molecule has 2 atom stereocenters. The Morgan fingerprint density at radius 1 is 1.13 bits per heavy atom. The van der Waals surface area contributed by atoms with Crippen LogP contribution in [0.3, 0.4) is 0 Å². The lowest BCUT2D eigenvalue weighted by Gasteiger charge is -2.38. The average Bonchev–Trinajstić information content (AvgIpc) is 2.79. The summed E-state index contributed by atoms with van der Waals surface area (Å²) < 4.78 is 11.2. The Balaban J connectivity index is 1.85. The number of nitrogens with zero attached hydrogens (tertiary/aromatic N) is 2. The molecule has 1 aliphatic rings. The van der Waals surface area contributed by atoms with E-state index in [1.54, 1.807) is 20.4 Å². The van der Waals surface area contributed by atoms with Gasteiger partial charge in [0, 0.05) is 29.9 Å². The number of fused-ring (bicyclic) bond motifs is 1. The zero-order valence-electron chi connectivity index (χ0n) is 17.2. The first-order chi connectivity index (χ1) is 14.6. The van der Waals surface area contributed by atoms with Gasteiger partial charge in [0.05, 0.1) is 26.2 Å². The minimum atomic E-state index is -0.736. The van der Waals surface area contributed by atoms with Crippen molar-refractivity contribution < 1.29 is 19.4 Å². The molecule has 1 aliphatic heterocycles. The lowest BCUT2D eigenvalue weighted by Crippen LogP contribution is -2.41. The number of rotatable bonds is 6. The number of hydrogen-bond donors (Lipinski definition) is 1. The molecule has 4 rings (SSSR count). The highest BCUT2D eigenvalue weighted by Gasteiger charge is 2.33. The van der Waals surface area contributed by atoms with Gasteiger partial charge in [-0.2, -0.15) is 0 Å². The second-order valence-corrected chi connectivity index (χ2v) is 7.67. The van der Waals surface area contributed by atoms with Gasteiger partial charge in [-0.1, -0.05) is 12.1 Å². The van der Waals surface area contributed by atoms with Crippen LogP contribution in [0.2, 0.25) is 0 Å². The Kier molecular flexibility index (Phi) is 5.86. The normalized spacial score (nSPS) is 18.1. The summed E-state index contributed by atoms with van der Waals surface area (Å²) in [5.74, 6) is 0.392. The number of benzene rings is 2. The van der Waals surface area contributed by atoms with Gasteiger partial charge in [-0.05, 0) is 60.7 Å². The third-order valence-electron chi connectivity index (χ3n) is 5.88. The van der Waals surface area contributed by atoms with Crippen molar-refractivity contribution in [1.29, 1.82) is 0 Å². The summed E-state index contributed by atoms with van der Waals surface area (Å²) in [5, 5.41) is 11.8. The SMILES string of the molecule is COc1ccc(OC)c(C(c2ccc3cnccc3c2)N2CCCC(C(=O)O)C2)c1. The summed E-state index contributed by atoms with van der Waals surface area (Å²) in [4.78, 5) is 18.2. The monoisotopic (exact) mass is 406 g/mol. The Hall–Kier alpha value is -3.12. The first kappa shape index (κ1) is 20.2. The Morgan fingerprint density at radius 2 is 2.00 bits per heavy atom. The van der Waals surface area contributed by atoms with Crippen LogP contribution in [-0.4, -0.2) is 48.3 Å². The van der Waals surface area contributed by atoms with Crippen molar-refractivity contribution in [2.45, 2.75) is 18.9 Å². The fourth-order valence-corrected chi connectivity index (χ4v) is 4.35. The highest BCUT2D eigenvalue weighted by molar-refractivity contribution is 5.82. The van der Waals surface area contributed by atoms with Crippen LogP contribution >= 0.6 is 0 Å². The van der Waals surface area contributed by atoms with Crippen LogP contribution < -0.4 is 9.47 Å². The molecule has 30 heavy (non-hydrogen) atoms. The number of hydrogen-bond acceptors (Lipinski definition) is 5. The molecule has 2 unspecified atom stereocenters. The van der Waals surface area contributed by atoms with Crippen LogP contribution in [0.25, 0.3) is 10.8 Å². The summed E-state index contributed by atoms with van der Waals surface area (Å²) in [6.45, 7) is 1.32. The number of pyridine rings is 1. The van der Waals surface area contributed by atoms with Gasteiger partial charge in [0.25, 0.3) is 0 Å². The van der Waals surface area contributed by atoms with Gasteiger partial charge in [0.1, 0.15) is 11.5 Å². The molecule has 1 N–H and O–H groups in total. The molecule has 1 saturated heterocycles. The van der Waals surface area contributed by atoms with Crippen molar-refractivity contribution in [3.05, 3.63) is 66.0 Å². The van der Waals surface area contributed by atoms with E-state index in [0.717, 1.165) is 46.4 Å².